The highest BCUT2D eigenvalue weighted by atomic mass is 32.1. The van der Waals surface area contributed by atoms with Crippen LogP contribution in [0, 0.1) is 6.92 Å². The van der Waals surface area contributed by atoms with Crippen LogP contribution in [0.1, 0.15) is 61.1 Å². The topological polar surface area (TPSA) is 16.4 Å². The van der Waals surface area contributed by atoms with E-state index in [1.165, 1.54) is 53.6 Å². The lowest BCUT2D eigenvalue weighted by molar-refractivity contribution is 0.285. The lowest BCUT2D eigenvalue weighted by Gasteiger charge is -2.46. The molecule has 3 aromatic rings. The maximum atomic E-state index is 5.76. The quantitative estimate of drug-likeness (QED) is 0.501. The maximum absolute atomic E-state index is 5.76. The number of thiophene rings is 1. The highest BCUT2D eigenvalue weighted by Crippen LogP contribution is 2.59. The number of benzene rings is 1. The molecule has 0 saturated heterocycles. The van der Waals surface area contributed by atoms with Crippen molar-refractivity contribution in [2.45, 2.75) is 57.5 Å². The zero-order valence-corrected chi connectivity index (χ0v) is 15.2. The van der Waals surface area contributed by atoms with E-state index in [-0.39, 0.29) is 5.54 Å². The molecule has 0 bridgehead atoms. The standard InChI is InChI=1S/C21H23NOS/c1-14-8-4-5-9-17(14)22-15(2)19-18(16-10-13-23-20(16)24-19)21(22)11-6-3-7-12-21/h4-5,8-10,13,15H,3,6-7,11-12H2,1-2H3/t15-/m0/s1. The first-order chi connectivity index (χ1) is 11.7. The van der Waals surface area contributed by atoms with E-state index in [4.69, 9.17) is 4.42 Å². The van der Waals surface area contributed by atoms with Crippen molar-refractivity contribution in [2.75, 3.05) is 4.90 Å². The van der Waals surface area contributed by atoms with Gasteiger partial charge in [0.1, 0.15) is 0 Å². The number of hydrogen-bond acceptors (Lipinski definition) is 3. The summed E-state index contributed by atoms with van der Waals surface area (Å²) in [6.07, 6.45) is 8.39. The number of aryl methyl sites for hydroxylation is 1. The molecule has 1 fully saturated rings. The van der Waals surface area contributed by atoms with Crippen LogP contribution in [0.3, 0.4) is 0 Å². The Balaban J connectivity index is 1.78. The Labute approximate surface area is 147 Å². The van der Waals surface area contributed by atoms with E-state index in [2.05, 4.69) is 49.1 Å². The van der Waals surface area contributed by atoms with Crippen LogP contribution in [0.15, 0.2) is 41.0 Å². The van der Waals surface area contributed by atoms with E-state index in [0.29, 0.717) is 6.04 Å². The summed E-state index contributed by atoms with van der Waals surface area (Å²) in [6.45, 7) is 4.63. The van der Waals surface area contributed by atoms with Crippen molar-refractivity contribution in [1.29, 1.82) is 0 Å². The van der Waals surface area contributed by atoms with Crippen molar-refractivity contribution in [3.8, 4) is 0 Å². The second-order valence-corrected chi connectivity index (χ2v) is 8.40. The molecule has 3 heteroatoms. The summed E-state index contributed by atoms with van der Waals surface area (Å²) in [5, 5.41) is 1.36. The molecule has 1 aliphatic heterocycles. The molecule has 124 valence electrons. The SMILES string of the molecule is Cc1ccccc1N1[C@@H](C)c2sc3occc3c2C12CCCCC2. The summed E-state index contributed by atoms with van der Waals surface area (Å²) in [5.74, 6) is 0. The molecular weight excluding hydrogens is 314 g/mol. The number of anilines is 1. The second kappa shape index (κ2) is 5.13. The van der Waals surface area contributed by atoms with Gasteiger partial charge >= 0.3 is 0 Å². The summed E-state index contributed by atoms with van der Waals surface area (Å²) in [4.78, 5) is 5.38. The van der Waals surface area contributed by atoms with Gasteiger partial charge in [0.05, 0.1) is 17.8 Å². The Kier molecular flexibility index (Phi) is 3.12. The largest absolute Gasteiger partial charge is 0.454 e. The van der Waals surface area contributed by atoms with Crippen LogP contribution >= 0.6 is 11.3 Å². The van der Waals surface area contributed by atoms with E-state index in [1.807, 2.05) is 17.6 Å². The normalized spacial score (nSPS) is 22.4. The lowest BCUT2D eigenvalue weighted by atomic mass is 9.76. The molecule has 5 rings (SSSR count). The fourth-order valence-electron chi connectivity index (χ4n) is 5.13. The molecular formula is C21H23NOS. The highest BCUT2D eigenvalue weighted by molar-refractivity contribution is 7.18. The van der Waals surface area contributed by atoms with Gasteiger partial charge in [0, 0.05) is 21.5 Å². The Morgan fingerprint density at radius 3 is 2.71 bits per heavy atom. The van der Waals surface area contributed by atoms with E-state index >= 15 is 0 Å². The van der Waals surface area contributed by atoms with E-state index in [1.54, 1.807) is 5.56 Å². The Morgan fingerprint density at radius 2 is 1.92 bits per heavy atom. The molecule has 1 aromatic carbocycles. The minimum Gasteiger partial charge on any atom is -0.454 e. The Bertz CT molecular complexity index is 900. The van der Waals surface area contributed by atoms with Crippen LogP contribution in [0.5, 0.6) is 0 Å². The van der Waals surface area contributed by atoms with Gasteiger partial charge in [-0.3, -0.25) is 0 Å². The summed E-state index contributed by atoms with van der Waals surface area (Å²) in [5.41, 5.74) is 4.52. The van der Waals surface area contributed by atoms with Crippen molar-refractivity contribution < 1.29 is 4.42 Å². The highest BCUT2D eigenvalue weighted by Gasteiger charge is 2.51. The summed E-state index contributed by atoms with van der Waals surface area (Å²) >= 11 is 1.86. The fraction of sp³-hybridized carbons (Fsp3) is 0.429. The average molecular weight is 337 g/mol. The minimum absolute atomic E-state index is 0.154. The first kappa shape index (κ1) is 14.6. The number of rotatable bonds is 1. The zero-order chi connectivity index (χ0) is 16.3. The van der Waals surface area contributed by atoms with Crippen LogP contribution in [-0.4, -0.2) is 0 Å². The van der Waals surface area contributed by atoms with Crippen LogP contribution in [0.2, 0.25) is 0 Å². The van der Waals surface area contributed by atoms with Gasteiger partial charge in [-0.15, -0.1) is 11.3 Å². The molecule has 1 spiro atoms. The predicted octanol–water partition coefficient (Wildman–Crippen LogP) is 6.54. The molecule has 0 radical (unpaired) electrons. The molecule has 1 atom stereocenters. The third kappa shape index (κ3) is 1.76. The Hall–Kier alpha value is -1.74. The van der Waals surface area contributed by atoms with E-state index < -0.39 is 0 Å². The number of furan rings is 1. The van der Waals surface area contributed by atoms with Gasteiger partial charge in [-0.05, 0) is 44.4 Å². The monoisotopic (exact) mass is 337 g/mol. The first-order valence-corrected chi connectivity index (χ1v) is 9.89. The van der Waals surface area contributed by atoms with Crippen molar-refractivity contribution in [3.63, 3.8) is 0 Å². The molecule has 2 aromatic heterocycles. The number of fused-ring (bicyclic) bond motifs is 4. The van der Waals surface area contributed by atoms with Gasteiger partial charge in [-0.1, -0.05) is 37.5 Å². The maximum Gasteiger partial charge on any atom is 0.188 e. The van der Waals surface area contributed by atoms with Crippen LogP contribution < -0.4 is 4.90 Å². The van der Waals surface area contributed by atoms with Gasteiger partial charge in [-0.25, -0.2) is 0 Å². The number of para-hydroxylation sites is 1. The van der Waals surface area contributed by atoms with Crippen LogP contribution in [0.25, 0.3) is 10.3 Å². The second-order valence-electron chi connectivity index (χ2n) is 7.39. The third-order valence-corrected chi connectivity index (χ3v) is 7.36. The summed E-state index contributed by atoms with van der Waals surface area (Å²) < 4.78 is 5.76. The van der Waals surface area contributed by atoms with Gasteiger partial charge in [0.15, 0.2) is 4.90 Å². The third-order valence-electron chi connectivity index (χ3n) is 6.10. The predicted molar refractivity (Wildman–Crippen MR) is 101 cm³/mol. The van der Waals surface area contributed by atoms with Crippen molar-refractivity contribution >= 4 is 27.3 Å². The molecule has 1 aliphatic carbocycles. The van der Waals surface area contributed by atoms with E-state index in [9.17, 15) is 0 Å². The van der Waals surface area contributed by atoms with Crippen molar-refractivity contribution in [1.82, 2.24) is 0 Å². The van der Waals surface area contributed by atoms with Gasteiger partial charge in [0.2, 0.25) is 0 Å². The summed E-state index contributed by atoms with van der Waals surface area (Å²) in [7, 11) is 0. The smallest absolute Gasteiger partial charge is 0.188 e. The minimum atomic E-state index is 0.154. The number of hydrogen-bond donors (Lipinski definition) is 0. The number of nitrogens with zero attached hydrogens (tertiary/aromatic N) is 1. The van der Waals surface area contributed by atoms with Crippen LogP contribution in [-0.2, 0) is 5.54 Å². The molecule has 1 saturated carbocycles. The molecule has 24 heavy (non-hydrogen) atoms. The van der Waals surface area contributed by atoms with Gasteiger partial charge in [-0.2, -0.15) is 0 Å². The van der Waals surface area contributed by atoms with Gasteiger partial charge < -0.3 is 9.32 Å². The molecule has 0 amide bonds. The Morgan fingerprint density at radius 1 is 1.12 bits per heavy atom. The van der Waals surface area contributed by atoms with Crippen molar-refractivity contribution in [3.05, 3.63) is 52.6 Å². The average Bonchev–Trinajstić information content (AvgIpc) is 3.22. The lowest BCUT2D eigenvalue weighted by Crippen LogP contribution is -2.44. The first-order valence-electron chi connectivity index (χ1n) is 9.08. The molecule has 2 aliphatic rings. The van der Waals surface area contributed by atoms with Crippen molar-refractivity contribution in [2.24, 2.45) is 0 Å². The molecule has 0 unspecified atom stereocenters. The summed E-state index contributed by atoms with van der Waals surface area (Å²) in [6, 6.07) is 11.5. The van der Waals surface area contributed by atoms with E-state index in [0.717, 1.165) is 4.90 Å². The molecule has 3 heterocycles. The van der Waals surface area contributed by atoms with Gasteiger partial charge in [0.25, 0.3) is 0 Å². The molecule has 0 N–H and O–H groups in total. The zero-order valence-electron chi connectivity index (χ0n) is 14.3. The molecule has 2 nitrogen and oxygen atoms in total. The fourth-order valence-corrected chi connectivity index (χ4v) is 6.39. The van der Waals surface area contributed by atoms with Crippen LogP contribution in [0.4, 0.5) is 5.69 Å².